The van der Waals surface area contributed by atoms with Crippen LogP contribution in [0.25, 0.3) is 0 Å². The van der Waals surface area contributed by atoms with Gasteiger partial charge in [0.2, 0.25) is 0 Å². The molecule has 0 radical (unpaired) electrons. The summed E-state index contributed by atoms with van der Waals surface area (Å²) in [5.74, 6) is 0. The summed E-state index contributed by atoms with van der Waals surface area (Å²) in [5.41, 5.74) is -3.25. The van der Waals surface area contributed by atoms with Gasteiger partial charge in [-0.2, -0.15) is 13.2 Å². The molecule has 0 bridgehead atoms. The van der Waals surface area contributed by atoms with Crippen LogP contribution in [0.15, 0.2) is 17.0 Å². The first-order valence-corrected chi connectivity index (χ1v) is 11.8. The molecule has 1 heterocycles. The average molecular weight is 484 g/mol. The minimum Gasteiger partial charge on any atom is -0.395 e. The van der Waals surface area contributed by atoms with Gasteiger partial charge in [0.05, 0.1) is 39.5 Å². The summed E-state index contributed by atoms with van der Waals surface area (Å²) in [6.07, 6.45) is -3.67. The van der Waals surface area contributed by atoms with Gasteiger partial charge in [-0.05, 0) is 45.8 Å². The largest absolute Gasteiger partial charge is 0.418 e. The van der Waals surface area contributed by atoms with E-state index in [-0.39, 0.29) is 25.9 Å². The van der Waals surface area contributed by atoms with Crippen molar-refractivity contribution >= 4 is 21.2 Å². The third-order valence-electron chi connectivity index (χ3n) is 5.51. The number of hydrogen-bond acceptors (Lipinski definition) is 8. The molecule has 2 rings (SSSR count). The van der Waals surface area contributed by atoms with Gasteiger partial charge >= 0.3 is 6.18 Å². The number of hydrogen-bond donors (Lipinski definition) is 2. The Bertz CT molecular complexity index is 894. The van der Waals surface area contributed by atoms with Gasteiger partial charge in [-0.15, -0.1) is 0 Å². The average Bonchev–Trinajstić information content (AvgIpc) is 2.68. The van der Waals surface area contributed by atoms with E-state index in [1.807, 2.05) is 11.9 Å². The van der Waals surface area contributed by atoms with Crippen molar-refractivity contribution < 1.29 is 36.7 Å². The fraction of sp³-hybridized carbons (Fsp3) is 0.684. The molecule has 0 aromatic heterocycles. The van der Waals surface area contributed by atoms with Gasteiger partial charge in [0.25, 0.3) is 5.69 Å². The van der Waals surface area contributed by atoms with Crippen LogP contribution in [0.2, 0.25) is 0 Å². The molecule has 1 aromatic rings. The third-order valence-corrected chi connectivity index (χ3v) is 7.78. The number of rotatable bonds is 8. The van der Waals surface area contributed by atoms with Gasteiger partial charge in [0, 0.05) is 25.2 Å². The molecule has 13 heteroatoms. The van der Waals surface area contributed by atoms with Crippen molar-refractivity contribution in [1.82, 2.24) is 4.90 Å². The van der Waals surface area contributed by atoms with E-state index in [2.05, 4.69) is 0 Å². The molecular formula is C19H28F3N3O6S. The van der Waals surface area contributed by atoms with Crippen LogP contribution in [0.5, 0.6) is 0 Å². The molecule has 1 fully saturated rings. The monoisotopic (exact) mass is 483 g/mol. The van der Waals surface area contributed by atoms with Gasteiger partial charge in [-0.25, -0.2) is 8.42 Å². The Hall–Kier alpha value is -1.96. The number of nitro groups is 1. The lowest BCUT2D eigenvalue weighted by atomic mass is 10.1. The number of sulfone groups is 1. The summed E-state index contributed by atoms with van der Waals surface area (Å²) in [5, 5.41) is 29.0. The summed E-state index contributed by atoms with van der Waals surface area (Å²) >= 11 is 0. The van der Waals surface area contributed by atoms with Crippen molar-refractivity contribution in [1.29, 1.82) is 0 Å². The van der Waals surface area contributed by atoms with Gasteiger partial charge in [-0.3, -0.25) is 10.1 Å². The van der Waals surface area contributed by atoms with E-state index in [0.29, 0.717) is 38.1 Å². The van der Waals surface area contributed by atoms with E-state index in [9.17, 15) is 41.9 Å². The Balaban J connectivity index is 2.76. The number of anilines is 1. The number of aliphatic hydroxyl groups is 2. The van der Waals surface area contributed by atoms with Crippen LogP contribution in [0, 0.1) is 10.1 Å². The molecule has 0 aliphatic carbocycles. The second-order valence-corrected chi connectivity index (χ2v) is 9.98. The first-order valence-electron chi connectivity index (χ1n) is 10.2. The van der Waals surface area contributed by atoms with Gasteiger partial charge in [0.1, 0.15) is 0 Å². The smallest absolute Gasteiger partial charge is 0.395 e. The minimum atomic E-state index is -5.10. The highest BCUT2D eigenvalue weighted by Crippen LogP contribution is 2.44. The SMILES string of the molecule is CN1CCCC(S(=O)(=O)c2cc([N+](=O)[O-])cc(C(F)(F)F)c2N(CCO)CCO)CCC1. The maximum absolute atomic E-state index is 13.9. The van der Waals surface area contributed by atoms with E-state index in [1.54, 1.807) is 0 Å². The fourth-order valence-corrected chi connectivity index (χ4v) is 6.07. The van der Waals surface area contributed by atoms with Crippen LogP contribution in [0.1, 0.15) is 31.2 Å². The van der Waals surface area contributed by atoms with Crippen molar-refractivity contribution in [3.8, 4) is 0 Å². The lowest BCUT2D eigenvalue weighted by molar-refractivity contribution is -0.385. The highest BCUT2D eigenvalue weighted by Gasteiger charge is 2.42. The number of benzene rings is 1. The molecule has 0 saturated carbocycles. The molecule has 1 aliphatic heterocycles. The molecule has 2 N–H and O–H groups in total. The van der Waals surface area contributed by atoms with E-state index in [4.69, 9.17) is 0 Å². The number of non-ortho nitro benzene ring substituents is 1. The fourth-order valence-electron chi connectivity index (χ4n) is 3.96. The highest BCUT2D eigenvalue weighted by molar-refractivity contribution is 7.92. The quantitative estimate of drug-likeness (QED) is 0.425. The predicted molar refractivity (Wildman–Crippen MR) is 111 cm³/mol. The number of nitrogens with zero attached hydrogens (tertiary/aromatic N) is 3. The molecule has 182 valence electrons. The molecule has 1 saturated heterocycles. The topological polar surface area (TPSA) is 124 Å². The number of nitro benzene ring substituents is 1. The van der Waals surface area contributed by atoms with Crippen LogP contribution in [0.3, 0.4) is 0 Å². The molecule has 0 spiro atoms. The lowest BCUT2D eigenvalue weighted by Gasteiger charge is -2.31. The highest BCUT2D eigenvalue weighted by atomic mass is 32.2. The molecule has 1 aromatic carbocycles. The van der Waals surface area contributed by atoms with E-state index < -0.39 is 61.2 Å². The minimum absolute atomic E-state index is 0.205. The standard InChI is InChI=1S/C19H28F3N3O6S/c1-23-6-2-4-15(5-3-7-23)32(30,31)17-13-14(25(28)29)12-16(19(20,21)22)18(17)24(8-10-26)9-11-27/h12-13,15,26-27H,2-11H2,1H3. The van der Waals surface area contributed by atoms with Crippen LogP contribution in [0.4, 0.5) is 24.5 Å². The molecule has 32 heavy (non-hydrogen) atoms. The van der Waals surface area contributed by atoms with Crippen LogP contribution in [-0.2, 0) is 16.0 Å². The number of halogens is 3. The van der Waals surface area contributed by atoms with Crippen LogP contribution in [-0.4, -0.2) is 80.1 Å². The van der Waals surface area contributed by atoms with Crippen molar-refractivity contribution in [3.05, 3.63) is 27.8 Å². The lowest BCUT2D eigenvalue weighted by Crippen LogP contribution is -2.35. The van der Waals surface area contributed by atoms with Gasteiger partial charge in [-0.1, -0.05) is 0 Å². The molecule has 1 aliphatic rings. The molecule has 9 nitrogen and oxygen atoms in total. The maximum Gasteiger partial charge on any atom is 0.418 e. The molecular weight excluding hydrogens is 455 g/mol. The van der Waals surface area contributed by atoms with Gasteiger partial charge in [0.15, 0.2) is 9.84 Å². The number of alkyl halides is 3. The summed E-state index contributed by atoms with van der Waals surface area (Å²) in [7, 11) is -2.50. The van der Waals surface area contributed by atoms with Gasteiger partial charge < -0.3 is 20.0 Å². The Labute approximate surface area is 184 Å². The zero-order valence-corrected chi connectivity index (χ0v) is 18.5. The molecule has 0 atom stereocenters. The zero-order valence-electron chi connectivity index (χ0n) is 17.7. The number of likely N-dealkylation sites (tertiary alicyclic amines) is 1. The summed E-state index contributed by atoms with van der Waals surface area (Å²) < 4.78 is 68.9. The second-order valence-electron chi connectivity index (χ2n) is 7.78. The summed E-state index contributed by atoms with van der Waals surface area (Å²) in [6, 6.07) is 0.954. The van der Waals surface area contributed by atoms with E-state index in [1.165, 1.54) is 0 Å². The molecule has 0 unspecified atom stereocenters. The number of aliphatic hydroxyl groups excluding tert-OH is 2. The Morgan fingerprint density at radius 2 is 1.69 bits per heavy atom. The first kappa shape index (κ1) is 26.3. The zero-order chi connectivity index (χ0) is 24.1. The summed E-state index contributed by atoms with van der Waals surface area (Å²) in [4.78, 5) is 12.4. The summed E-state index contributed by atoms with van der Waals surface area (Å²) in [6.45, 7) is -0.739. The van der Waals surface area contributed by atoms with E-state index in [0.717, 1.165) is 4.90 Å². The normalized spacial score (nSPS) is 17.1. The van der Waals surface area contributed by atoms with Crippen molar-refractivity contribution in [2.75, 3.05) is 51.3 Å². The van der Waals surface area contributed by atoms with E-state index >= 15 is 0 Å². The van der Waals surface area contributed by atoms with Crippen LogP contribution >= 0.6 is 0 Å². The van der Waals surface area contributed by atoms with Crippen molar-refractivity contribution in [2.24, 2.45) is 0 Å². The Morgan fingerprint density at radius 1 is 1.16 bits per heavy atom. The van der Waals surface area contributed by atoms with Crippen molar-refractivity contribution in [2.45, 2.75) is 42.0 Å². The third kappa shape index (κ3) is 6.09. The Kier molecular flexibility index (Phi) is 8.85. The predicted octanol–water partition coefficient (Wildman–Crippen LogP) is 2.05. The maximum atomic E-state index is 13.9. The van der Waals surface area contributed by atoms with Crippen LogP contribution < -0.4 is 4.90 Å². The van der Waals surface area contributed by atoms with Crippen molar-refractivity contribution in [3.63, 3.8) is 0 Å². The molecule has 0 amide bonds. The first-order chi connectivity index (χ1) is 14.9. The Morgan fingerprint density at radius 3 is 2.12 bits per heavy atom. The second kappa shape index (κ2) is 10.8.